The molecule has 3 rings (SSSR count). The lowest BCUT2D eigenvalue weighted by Gasteiger charge is -2.22. The van der Waals surface area contributed by atoms with Crippen molar-refractivity contribution >= 4 is 23.4 Å². The number of aromatic nitrogens is 1. The van der Waals surface area contributed by atoms with E-state index in [1.165, 1.54) is 6.08 Å². The molecule has 1 heterocycles. The minimum atomic E-state index is -0.461. The van der Waals surface area contributed by atoms with Gasteiger partial charge in [0.05, 0.1) is 0 Å². The number of nitrogens with one attached hydrogen (secondary N) is 1. The molecule has 1 aliphatic rings. The topological polar surface area (TPSA) is 59.2 Å². The molecule has 1 aromatic carbocycles. The van der Waals surface area contributed by atoms with Crippen LogP contribution in [-0.2, 0) is 11.2 Å². The molecule has 0 radical (unpaired) electrons. The van der Waals surface area contributed by atoms with Crippen molar-refractivity contribution in [1.82, 2.24) is 4.98 Å². The number of hydrogen-bond acceptors (Lipinski definition) is 3. The van der Waals surface area contributed by atoms with Gasteiger partial charge in [-0.3, -0.25) is 4.79 Å². The molecule has 0 saturated carbocycles. The number of halogens is 1. The zero-order valence-corrected chi connectivity index (χ0v) is 14.2. The Hall–Kier alpha value is -2.33. The lowest BCUT2D eigenvalue weighted by molar-refractivity contribution is 0.0542. The maximum absolute atomic E-state index is 12.6. The van der Waals surface area contributed by atoms with E-state index in [4.69, 9.17) is 16.3 Å². The summed E-state index contributed by atoms with van der Waals surface area (Å²) in [5, 5.41) is 0.671. The SMILES string of the molecule is C=CCOC(=O)c1[nH]c2c(c1C)C(=O)CC(c1ccc(Cl)cc1)C2. The molecule has 0 spiro atoms. The first-order valence-corrected chi connectivity index (χ1v) is 8.17. The Morgan fingerprint density at radius 1 is 1.38 bits per heavy atom. The summed E-state index contributed by atoms with van der Waals surface area (Å²) in [5.41, 5.74) is 3.52. The highest BCUT2D eigenvalue weighted by Gasteiger charge is 2.32. The average molecular weight is 344 g/mol. The number of ether oxygens (including phenoxy) is 1. The molecule has 4 nitrogen and oxygen atoms in total. The van der Waals surface area contributed by atoms with Crippen molar-refractivity contribution in [1.29, 1.82) is 0 Å². The Kier molecular flexibility index (Phi) is 4.58. The van der Waals surface area contributed by atoms with Gasteiger partial charge in [-0.1, -0.05) is 36.4 Å². The van der Waals surface area contributed by atoms with E-state index in [0.717, 1.165) is 11.3 Å². The van der Waals surface area contributed by atoms with Gasteiger partial charge in [0.15, 0.2) is 5.78 Å². The Bertz CT molecular complexity index is 805. The fourth-order valence-electron chi connectivity index (χ4n) is 3.21. The van der Waals surface area contributed by atoms with Crippen molar-refractivity contribution < 1.29 is 14.3 Å². The van der Waals surface area contributed by atoms with E-state index in [1.54, 1.807) is 6.92 Å². The van der Waals surface area contributed by atoms with Gasteiger partial charge in [-0.05, 0) is 42.5 Å². The van der Waals surface area contributed by atoms with Crippen molar-refractivity contribution in [3.63, 3.8) is 0 Å². The van der Waals surface area contributed by atoms with Gasteiger partial charge in [-0.2, -0.15) is 0 Å². The first kappa shape index (κ1) is 16.5. The first-order valence-electron chi connectivity index (χ1n) is 7.79. The van der Waals surface area contributed by atoms with Gasteiger partial charge >= 0.3 is 5.97 Å². The summed E-state index contributed by atoms with van der Waals surface area (Å²) in [6.45, 7) is 5.44. The summed E-state index contributed by atoms with van der Waals surface area (Å²) < 4.78 is 5.08. The molecule has 24 heavy (non-hydrogen) atoms. The molecule has 1 unspecified atom stereocenters. The largest absolute Gasteiger partial charge is 0.457 e. The van der Waals surface area contributed by atoms with E-state index < -0.39 is 5.97 Å². The Morgan fingerprint density at radius 3 is 2.75 bits per heavy atom. The van der Waals surface area contributed by atoms with Gasteiger partial charge in [0, 0.05) is 22.7 Å². The Morgan fingerprint density at radius 2 is 2.08 bits per heavy atom. The highest BCUT2D eigenvalue weighted by atomic mass is 35.5. The fraction of sp³-hybridized carbons (Fsp3) is 0.263. The maximum atomic E-state index is 12.6. The Labute approximate surface area is 145 Å². The molecule has 124 valence electrons. The average Bonchev–Trinajstić information content (AvgIpc) is 2.90. The van der Waals surface area contributed by atoms with Crippen molar-refractivity contribution in [3.05, 3.63) is 70.0 Å². The second-order valence-corrected chi connectivity index (χ2v) is 6.38. The van der Waals surface area contributed by atoms with Crippen LogP contribution in [0.1, 0.15) is 50.0 Å². The van der Waals surface area contributed by atoms with Crippen LogP contribution in [0.3, 0.4) is 0 Å². The van der Waals surface area contributed by atoms with Crippen LogP contribution in [0.15, 0.2) is 36.9 Å². The lowest BCUT2D eigenvalue weighted by Crippen LogP contribution is -2.18. The minimum absolute atomic E-state index is 0.0488. The van der Waals surface area contributed by atoms with Gasteiger partial charge in [-0.15, -0.1) is 0 Å². The molecule has 0 bridgehead atoms. The van der Waals surface area contributed by atoms with Gasteiger partial charge < -0.3 is 9.72 Å². The molecular weight excluding hydrogens is 326 g/mol. The van der Waals surface area contributed by atoms with E-state index in [0.29, 0.717) is 34.7 Å². The first-order chi connectivity index (χ1) is 11.5. The number of Topliss-reactive ketones (excluding diaryl/α,β-unsaturated/α-hetero) is 1. The third kappa shape index (κ3) is 3.02. The molecule has 2 aromatic rings. The van der Waals surface area contributed by atoms with Crippen LogP contribution >= 0.6 is 11.6 Å². The normalized spacial score (nSPS) is 16.6. The van der Waals surface area contributed by atoms with E-state index in [-0.39, 0.29) is 18.3 Å². The maximum Gasteiger partial charge on any atom is 0.355 e. The summed E-state index contributed by atoms with van der Waals surface area (Å²) in [7, 11) is 0. The number of fused-ring (bicyclic) bond motifs is 1. The van der Waals surface area contributed by atoms with Crippen LogP contribution in [0.2, 0.25) is 5.02 Å². The number of H-pyrrole nitrogens is 1. The van der Waals surface area contributed by atoms with E-state index in [2.05, 4.69) is 11.6 Å². The quantitative estimate of drug-likeness (QED) is 0.667. The summed E-state index contributed by atoms with van der Waals surface area (Å²) in [6, 6.07) is 7.55. The van der Waals surface area contributed by atoms with Crippen LogP contribution < -0.4 is 0 Å². The van der Waals surface area contributed by atoms with Crippen LogP contribution in [0.25, 0.3) is 0 Å². The monoisotopic (exact) mass is 343 g/mol. The number of rotatable bonds is 4. The van der Waals surface area contributed by atoms with Crippen molar-refractivity contribution in [3.8, 4) is 0 Å². The van der Waals surface area contributed by atoms with Crippen molar-refractivity contribution in [2.24, 2.45) is 0 Å². The second kappa shape index (κ2) is 6.65. The summed E-state index contributed by atoms with van der Waals surface area (Å²) in [4.78, 5) is 27.8. The Balaban J connectivity index is 1.90. The molecule has 0 saturated heterocycles. The van der Waals surface area contributed by atoms with E-state index >= 15 is 0 Å². The predicted octanol–water partition coefficient (Wildman–Crippen LogP) is 4.23. The number of esters is 1. The molecule has 1 N–H and O–H groups in total. The number of benzene rings is 1. The zero-order valence-electron chi connectivity index (χ0n) is 13.4. The lowest BCUT2D eigenvalue weighted by atomic mass is 9.81. The highest BCUT2D eigenvalue weighted by molar-refractivity contribution is 6.30. The van der Waals surface area contributed by atoms with E-state index in [9.17, 15) is 9.59 Å². The zero-order chi connectivity index (χ0) is 17.3. The summed E-state index contributed by atoms with van der Waals surface area (Å²) in [5.74, 6) is -0.331. The molecule has 0 amide bonds. The molecule has 1 aromatic heterocycles. The van der Waals surface area contributed by atoms with Crippen LogP contribution in [0, 0.1) is 6.92 Å². The van der Waals surface area contributed by atoms with Crippen LogP contribution in [-0.4, -0.2) is 23.3 Å². The van der Waals surface area contributed by atoms with Gasteiger partial charge in [0.1, 0.15) is 12.3 Å². The van der Waals surface area contributed by atoms with Crippen LogP contribution in [0.4, 0.5) is 0 Å². The molecule has 0 fully saturated rings. The van der Waals surface area contributed by atoms with E-state index in [1.807, 2.05) is 24.3 Å². The van der Waals surface area contributed by atoms with Gasteiger partial charge in [0.25, 0.3) is 0 Å². The second-order valence-electron chi connectivity index (χ2n) is 5.95. The minimum Gasteiger partial charge on any atom is -0.457 e. The summed E-state index contributed by atoms with van der Waals surface area (Å²) in [6.07, 6.45) is 2.62. The third-order valence-electron chi connectivity index (χ3n) is 4.37. The van der Waals surface area contributed by atoms with Gasteiger partial charge in [-0.25, -0.2) is 4.79 Å². The highest BCUT2D eigenvalue weighted by Crippen LogP contribution is 2.35. The van der Waals surface area contributed by atoms with Crippen molar-refractivity contribution in [2.45, 2.75) is 25.7 Å². The fourth-order valence-corrected chi connectivity index (χ4v) is 3.34. The van der Waals surface area contributed by atoms with Gasteiger partial charge in [0.2, 0.25) is 0 Å². The van der Waals surface area contributed by atoms with Crippen LogP contribution in [0.5, 0.6) is 0 Å². The number of hydrogen-bond donors (Lipinski definition) is 1. The molecular formula is C19H18ClNO3. The number of ketones is 1. The smallest absolute Gasteiger partial charge is 0.355 e. The predicted molar refractivity (Wildman–Crippen MR) is 92.9 cm³/mol. The number of aromatic amines is 1. The molecule has 5 heteroatoms. The molecule has 1 aliphatic carbocycles. The third-order valence-corrected chi connectivity index (χ3v) is 4.62. The number of carbonyl (C=O) groups is 2. The molecule has 1 atom stereocenters. The summed E-state index contributed by atoms with van der Waals surface area (Å²) >= 11 is 5.93. The molecule has 0 aliphatic heterocycles. The standard InChI is InChI=1S/C19H18ClNO3/c1-3-8-24-19(23)18-11(2)17-15(21-18)9-13(10-16(17)22)12-4-6-14(20)7-5-12/h3-7,13,21H,1,8-10H2,2H3. The van der Waals surface area contributed by atoms with Crippen molar-refractivity contribution in [2.75, 3.05) is 6.61 Å². The number of carbonyl (C=O) groups excluding carboxylic acids is 2.